The summed E-state index contributed by atoms with van der Waals surface area (Å²) in [4.78, 5) is 27.1. The summed E-state index contributed by atoms with van der Waals surface area (Å²) in [6.45, 7) is 4.82. The van der Waals surface area contributed by atoms with Crippen LogP contribution in [0.3, 0.4) is 0 Å². The molecular weight excluding hydrogens is 272 g/mol. The smallest absolute Gasteiger partial charge is 0.246 e. The second-order valence-corrected chi connectivity index (χ2v) is 8.05. The van der Waals surface area contributed by atoms with Gasteiger partial charge in [0.1, 0.15) is 12.1 Å². The standard InChI is InChI=1S/C15H24N2O2S/c1-9(2)13-14(18)16-12(10-5-6-10)15(19)17(13)8-11-4-3-7-20-11/h9-13H,3-8H2,1-2H3,(H,16,18). The van der Waals surface area contributed by atoms with Crippen LogP contribution < -0.4 is 5.32 Å². The van der Waals surface area contributed by atoms with E-state index in [2.05, 4.69) is 5.32 Å². The number of amides is 2. The average molecular weight is 296 g/mol. The minimum absolute atomic E-state index is 0.0551. The molecule has 3 unspecified atom stereocenters. The Hall–Kier alpha value is -0.710. The second kappa shape index (κ2) is 5.58. The zero-order valence-electron chi connectivity index (χ0n) is 12.3. The van der Waals surface area contributed by atoms with Gasteiger partial charge in [-0.15, -0.1) is 0 Å². The maximum Gasteiger partial charge on any atom is 0.246 e. The Balaban J connectivity index is 1.78. The van der Waals surface area contributed by atoms with Crippen LogP contribution >= 0.6 is 11.8 Å². The lowest BCUT2D eigenvalue weighted by Crippen LogP contribution is -2.66. The molecule has 2 amide bonds. The minimum atomic E-state index is -0.279. The van der Waals surface area contributed by atoms with Crippen molar-refractivity contribution in [3.8, 4) is 0 Å². The number of hydrogen-bond acceptors (Lipinski definition) is 3. The minimum Gasteiger partial charge on any atom is -0.342 e. The number of hydrogen-bond donors (Lipinski definition) is 1. The van der Waals surface area contributed by atoms with Crippen LogP contribution in [0.1, 0.15) is 39.5 Å². The van der Waals surface area contributed by atoms with E-state index in [9.17, 15) is 9.59 Å². The van der Waals surface area contributed by atoms with Crippen LogP contribution in [-0.2, 0) is 9.59 Å². The maximum atomic E-state index is 12.8. The molecule has 1 saturated carbocycles. The highest BCUT2D eigenvalue weighted by molar-refractivity contribution is 8.00. The number of carbonyl (C=O) groups excluding carboxylic acids is 2. The van der Waals surface area contributed by atoms with Crippen molar-refractivity contribution in [1.82, 2.24) is 10.2 Å². The molecule has 1 aliphatic carbocycles. The molecule has 2 aliphatic heterocycles. The van der Waals surface area contributed by atoms with Gasteiger partial charge >= 0.3 is 0 Å². The monoisotopic (exact) mass is 296 g/mol. The van der Waals surface area contributed by atoms with Crippen molar-refractivity contribution in [3.05, 3.63) is 0 Å². The molecule has 3 rings (SSSR count). The largest absolute Gasteiger partial charge is 0.342 e. The summed E-state index contributed by atoms with van der Waals surface area (Å²) in [6.07, 6.45) is 4.57. The van der Waals surface area contributed by atoms with Gasteiger partial charge in [0, 0.05) is 11.8 Å². The third kappa shape index (κ3) is 2.69. The van der Waals surface area contributed by atoms with E-state index >= 15 is 0 Å². The van der Waals surface area contributed by atoms with Crippen LogP contribution in [0.4, 0.5) is 0 Å². The summed E-state index contributed by atoms with van der Waals surface area (Å²) in [5, 5.41) is 3.50. The fourth-order valence-electron chi connectivity index (χ4n) is 3.38. The molecule has 5 heteroatoms. The van der Waals surface area contributed by atoms with E-state index in [1.807, 2.05) is 30.5 Å². The highest BCUT2D eigenvalue weighted by atomic mass is 32.2. The number of piperazine rings is 1. The van der Waals surface area contributed by atoms with Crippen molar-refractivity contribution in [2.45, 2.75) is 56.9 Å². The Morgan fingerprint density at radius 3 is 2.60 bits per heavy atom. The van der Waals surface area contributed by atoms with Crippen LogP contribution in [0, 0.1) is 11.8 Å². The molecule has 3 aliphatic rings. The first-order chi connectivity index (χ1) is 9.58. The molecule has 2 heterocycles. The Bertz CT molecular complexity index is 403. The highest BCUT2D eigenvalue weighted by Crippen LogP contribution is 2.36. The molecule has 2 saturated heterocycles. The lowest BCUT2D eigenvalue weighted by molar-refractivity contribution is -0.151. The summed E-state index contributed by atoms with van der Waals surface area (Å²) in [5.74, 6) is 1.97. The van der Waals surface area contributed by atoms with E-state index in [-0.39, 0.29) is 29.8 Å². The number of nitrogens with zero attached hydrogens (tertiary/aromatic N) is 1. The molecule has 3 fully saturated rings. The van der Waals surface area contributed by atoms with Gasteiger partial charge in [-0.3, -0.25) is 9.59 Å². The third-order valence-electron chi connectivity index (χ3n) is 4.60. The van der Waals surface area contributed by atoms with Crippen molar-refractivity contribution in [2.75, 3.05) is 12.3 Å². The highest BCUT2D eigenvalue weighted by Gasteiger charge is 2.48. The summed E-state index contributed by atoms with van der Waals surface area (Å²) in [6, 6.07) is -0.525. The molecule has 0 aromatic heterocycles. The molecule has 1 N–H and O–H groups in total. The number of carbonyl (C=O) groups is 2. The van der Waals surface area contributed by atoms with Gasteiger partial charge in [0.2, 0.25) is 11.8 Å². The maximum absolute atomic E-state index is 12.8. The van der Waals surface area contributed by atoms with Gasteiger partial charge in [-0.1, -0.05) is 13.8 Å². The number of thioether (sulfide) groups is 1. The molecule has 0 radical (unpaired) electrons. The van der Waals surface area contributed by atoms with Crippen LogP contribution in [0.2, 0.25) is 0 Å². The molecule has 3 atom stereocenters. The Kier molecular flexibility index (Phi) is 3.98. The van der Waals surface area contributed by atoms with E-state index in [4.69, 9.17) is 0 Å². The Labute approximate surface area is 125 Å². The van der Waals surface area contributed by atoms with Gasteiger partial charge in [-0.05, 0) is 43.3 Å². The first kappa shape index (κ1) is 14.2. The summed E-state index contributed by atoms with van der Waals surface area (Å²) < 4.78 is 0. The second-order valence-electron chi connectivity index (χ2n) is 6.64. The van der Waals surface area contributed by atoms with Crippen molar-refractivity contribution < 1.29 is 9.59 Å². The van der Waals surface area contributed by atoms with Gasteiger partial charge in [-0.25, -0.2) is 0 Å². The third-order valence-corrected chi connectivity index (χ3v) is 5.98. The molecule has 0 aromatic rings. The lowest BCUT2D eigenvalue weighted by atomic mass is 9.95. The van der Waals surface area contributed by atoms with Gasteiger partial charge in [0.05, 0.1) is 0 Å². The van der Waals surface area contributed by atoms with Crippen molar-refractivity contribution in [2.24, 2.45) is 11.8 Å². The molecule has 0 bridgehead atoms. The predicted octanol–water partition coefficient (Wildman–Crippen LogP) is 1.64. The van der Waals surface area contributed by atoms with Crippen molar-refractivity contribution in [3.63, 3.8) is 0 Å². The van der Waals surface area contributed by atoms with E-state index < -0.39 is 0 Å². The van der Waals surface area contributed by atoms with Crippen LogP contribution in [0.5, 0.6) is 0 Å². The van der Waals surface area contributed by atoms with E-state index in [0.29, 0.717) is 11.2 Å². The van der Waals surface area contributed by atoms with Crippen molar-refractivity contribution >= 4 is 23.6 Å². The number of nitrogens with one attached hydrogen (secondary N) is 1. The van der Waals surface area contributed by atoms with Crippen LogP contribution in [-0.4, -0.2) is 46.3 Å². The van der Waals surface area contributed by atoms with Gasteiger partial charge < -0.3 is 10.2 Å². The predicted molar refractivity (Wildman–Crippen MR) is 80.5 cm³/mol. The quantitative estimate of drug-likeness (QED) is 0.858. The summed E-state index contributed by atoms with van der Waals surface area (Å²) in [5.41, 5.74) is 0. The van der Waals surface area contributed by atoms with Gasteiger partial charge in [-0.2, -0.15) is 11.8 Å². The SMILES string of the molecule is CC(C)C1C(=O)NC(C2CC2)C(=O)N1CC1CCCS1. The molecule has 0 spiro atoms. The van der Waals surface area contributed by atoms with E-state index in [0.717, 1.165) is 19.4 Å². The summed E-state index contributed by atoms with van der Waals surface area (Å²) >= 11 is 1.95. The Morgan fingerprint density at radius 1 is 1.30 bits per heavy atom. The lowest BCUT2D eigenvalue weighted by Gasteiger charge is -2.42. The van der Waals surface area contributed by atoms with Crippen molar-refractivity contribution in [1.29, 1.82) is 0 Å². The zero-order chi connectivity index (χ0) is 14.3. The van der Waals surface area contributed by atoms with Crippen LogP contribution in [0.25, 0.3) is 0 Å². The molecule has 112 valence electrons. The molecule has 0 aromatic carbocycles. The molecular formula is C15H24N2O2S. The Morgan fingerprint density at radius 2 is 2.05 bits per heavy atom. The number of rotatable bonds is 4. The normalized spacial score (nSPS) is 34.8. The average Bonchev–Trinajstić information content (AvgIpc) is 3.11. The fourth-order valence-corrected chi connectivity index (χ4v) is 4.65. The molecule has 20 heavy (non-hydrogen) atoms. The fraction of sp³-hybridized carbons (Fsp3) is 0.867. The van der Waals surface area contributed by atoms with E-state index in [1.165, 1.54) is 18.6 Å². The first-order valence-electron chi connectivity index (χ1n) is 7.80. The van der Waals surface area contributed by atoms with Gasteiger partial charge in [0.15, 0.2) is 0 Å². The summed E-state index contributed by atoms with van der Waals surface area (Å²) in [7, 11) is 0. The first-order valence-corrected chi connectivity index (χ1v) is 8.85. The molecule has 4 nitrogen and oxygen atoms in total. The topological polar surface area (TPSA) is 49.4 Å². The zero-order valence-corrected chi connectivity index (χ0v) is 13.1. The van der Waals surface area contributed by atoms with Gasteiger partial charge in [0.25, 0.3) is 0 Å². The van der Waals surface area contributed by atoms with E-state index in [1.54, 1.807) is 0 Å². The van der Waals surface area contributed by atoms with Crippen LogP contribution in [0.15, 0.2) is 0 Å².